The van der Waals surface area contributed by atoms with Gasteiger partial charge in [0.2, 0.25) is 5.91 Å². The van der Waals surface area contributed by atoms with Crippen molar-refractivity contribution in [1.29, 1.82) is 0 Å². The molecule has 5 nitrogen and oxygen atoms in total. The van der Waals surface area contributed by atoms with Crippen LogP contribution in [0, 0.1) is 0 Å². The monoisotopic (exact) mass is 189 g/mol. The number of hydrogen-bond acceptors (Lipinski definition) is 4. The van der Waals surface area contributed by atoms with E-state index < -0.39 is 12.0 Å². The molecule has 0 saturated heterocycles. The van der Waals surface area contributed by atoms with Crippen LogP contribution in [0.1, 0.15) is 13.8 Å². The second-order valence-corrected chi connectivity index (χ2v) is 2.46. The predicted octanol–water partition coefficient (Wildman–Crippen LogP) is -0.299. The number of ether oxygens (including phenoxy) is 2. The summed E-state index contributed by atoms with van der Waals surface area (Å²) in [7, 11) is 1.45. The van der Waals surface area contributed by atoms with Crippen molar-refractivity contribution in [3.8, 4) is 0 Å². The van der Waals surface area contributed by atoms with Crippen LogP contribution in [0.15, 0.2) is 0 Å². The van der Waals surface area contributed by atoms with Crippen molar-refractivity contribution in [2.75, 3.05) is 20.3 Å². The molecule has 0 saturated carbocycles. The highest BCUT2D eigenvalue weighted by atomic mass is 16.5. The second-order valence-electron chi connectivity index (χ2n) is 2.46. The van der Waals surface area contributed by atoms with E-state index in [0.717, 1.165) is 0 Å². The topological polar surface area (TPSA) is 64.6 Å². The lowest BCUT2D eigenvalue weighted by Gasteiger charge is -2.14. The fraction of sp³-hybridized carbons (Fsp3) is 0.750. The maximum atomic E-state index is 11.2. The molecule has 0 radical (unpaired) electrons. The van der Waals surface area contributed by atoms with Crippen molar-refractivity contribution < 1.29 is 19.1 Å². The van der Waals surface area contributed by atoms with Crippen molar-refractivity contribution in [2.24, 2.45) is 0 Å². The van der Waals surface area contributed by atoms with Gasteiger partial charge in [-0.2, -0.15) is 0 Å². The number of rotatable bonds is 5. The molecule has 13 heavy (non-hydrogen) atoms. The van der Waals surface area contributed by atoms with Gasteiger partial charge in [0.05, 0.1) is 13.2 Å². The van der Waals surface area contributed by atoms with Gasteiger partial charge in [-0.05, 0) is 6.92 Å². The molecule has 76 valence electrons. The fourth-order valence-corrected chi connectivity index (χ4v) is 0.824. The average molecular weight is 189 g/mol. The zero-order valence-electron chi connectivity index (χ0n) is 8.12. The van der Waals surface area contributed by atoms with Crippen LogP contribution < -0.4 is 5.32 Å². The molecule has 0 aliphatic heterocycles. The average Bonchev–Trinajstić information content (AvgIpc) is 2.03. The van der Waals surface area contributed by atoms with E-state index in [1.165, 1.54) is 14.0 Å². The van der Waals surface area contributed by atoms with E-state index in [1.54, 1.807) is 6.92 Å². The first-order chi connectivity index (χ1) is 6.11. The Labute approximate surface area is 77.4 Å². The third kappa shape index (κ3) is 5.19. The number of esters is 1. The third-order valence-electron chi connectivity index (χ3n) is 1.28. The van der Waals surface area contributed by atoms with E-state index in [1.807, 2.05) is 0 Å². The van der Waals surface area contributed by atoms with Crippen molar-refractivity contribution in [2.45, 2.75) is 19.9 Å². The summed E-state index contributed by atoms with van der Waals surface area (Å²) in [5, 5.41) is 2.43. The van der Waals surface area contributed by atoms with Crippen molar-refractivity contribution >= 4 is 11.9 Å². The van der Waals surface area contributed by atoms with Gasteiger partial charge >= 0.3 is 5.97 Å². The second kappa shape index (κ2) is 6.42. The predicted molar refractivity (Wildman–Crippen MR) is 46.1 cm³/mol. The van der Waals surface area contributed by atoms with E-state index in [0.29, 0.717) is 6.61 Å². The number of nitrogens with one attached hydrogen (secondary N) is 1. The minimum Gasteiger partial charge on any atom is -0.464 e. The lowest BCUT2D eigenvalue weighted by atomic mass is 10.3. The Kier molecular flexibility index (Phi) is 5.88. The Bertz CT molecular complexity index is 181. The van der Waals surface area contributed by atoms with Gasteiger partial charge in [0.15, 0.2) is 6.04 Å². The van der Waals surface area contributed by atoms with Crippen molar-refractivity contribution in [3.63, 3.8) is 0 Å². The quantitative estimate of drug-likeness (QED) is 0.603. The van der Waals surface area contributed by atoms with E-state index in [2.05, 4.69) is 5.32 Å². The zero-order chi connectivity index (χ0) is 10.3. The smallest absolute Gasteiger partial charge is 0.331 e. The number of carbonyl (C=O) groups excluding carboxylic acids is 2. The van der Waals surface area contributed by atoms with Gasteiger partial charge in [0, 0.05) is 14.0 Å². The molecule has 0 aliphatic rings. The summed E-state index contributed by atoms with van der Waals surface area (Å²) >= 11 is 0. The van der Waals surface area contributed by atoms with Gasteiger partial charge in [0.1, 0.15) is 0 Å². The Balaban J connectivity index is 4.06. The molecule has 0 aliphatic carbocycles. The molecule has 0 aromatic heterocycles. The largest absolute Gasteiger partial charge is 0.464 e. The lowest BCUT2D eigenvalue weighted by molar-refractivity contribution is -0.148. The van der Waals surface area contributed by atoms with Crippen LogP contribution in [0.25, 0.3) is 0 Å². The van der Waals surface area contributed by atoms with Crippen LogP contribution in [0.5, 0.6) is 0 Å². The van der Waals surface area contributed by atoms with E-state index in [9.17, 15) is 9.59 Å². The third-order valence-corrected chi connectivity index (χ3v) is 1.28. The van der Waals surface area contributed by atoms with Gasteiger partial charge in [-0.15, -0.1) is 0 Å². The zero-order valence-corrected chi connectivity index (χ0v) is 8.12. The van der Waals surface area contributed by atoms with Gasteiger partial charge < -0.3 is 14.8 Å². The molecular weight excluding hydrogens is 174 g/mol. The molecule has 0 spiro atoms. The van der Waals surface area contributed by atoms with Crippen LogP contribution in [0.4, 0.5) is 0 Å². The summed E-state index contributed by atoms with van der Waals surface area (Å²) in [6, 6.07) is -0.706. The summed E-state index contributed by atoms with van der Waals surface area (Å²) in [5.74, 6) is -0.755. The standard InChI is InChI=1S/C8H15NO4/c1-4-13-8(11)7(5-12-3)9-6(2)10/h7H,4-5H2,1-3H3,(H,9,10)/t7-/m0/s1. The van der Waals surface area contributed by atoms with Crippen LogP contribution in [-0.4, -0.2) is 38.2 Å². The van der Waals surface area contributed by atoms with Crippen molar-refractivity contribution in [3.05, 3.63) is 0 Å². The highest BCUT2D eigenvalue weighted by Crippen LogP contribution is 1.90. The molecule has 1 amide bonds. The molecule has 5 heteroatoms. The maximum absolute atomic E-state index is 11.2. The molecule has 1 N–H and O–H groups in total. The molecule has 0 rings (SSSR count). The highest BCUT2D eigenvalue weighted by molar-refractivity contribution is 5.83. The van der Waals surface area contributed by atoms with Gasteiger partial charge in [-0.1, -0.05) is 0 Å². The fourth-order valence-electron chi connectivity index (χ4n) is 0.824. The SMILES string of the molecule is CCOC(=O)[C@H](COC)NC(C)=O. The summed E-state index contributed by atoms with van der Waals surface area (Å²) in [4.78, 5) is 21.8. The minimum absolute atomic E-state index is 0.123. The van der Waals surface area contributed by atoms with Gasteiger partial charge in [-0.25, -0.2) is 4.79 Å². The van der Waals surface area contributed by atoms with E-state index in [-0.39, 0.29) is 12.5 Å². The number of hydrogen-bond donors (Lipinski definition) is 1. The molecule has 0 bridgehead atoms. The summed E-state index contributed by atoms with van der Waals surface area (Å²) in [6.45, 7) is 3.45. The first-order valence-corrected chi connectivity index (χ1v) is 4.04. The van der Waals surface area contributed by atoms with Gasteiger partial charge in [0.25, 0.3) is 0 Å². The van der Waals surface area contributed by atoms with E-state index in [4.69, 9.17) is 9.47 Å². The summed E-state index contributed by atoms with van der Waals surface area (Å²) < 4.78 is 9.48. The van der Waals surface area contributed by atoms with Gasteiger partial charge in [-0.3, -0.25) is 4.79 Å². The van der Waals surface area contributed by atoms with Crippen LogP contribution in [-0.2, 0) is 19.1 Å². The number of carbonyl (C=O) groups is 2. The Morgan fingerprint density at radius 1 is 1.46 bits per heavy atom. The van der Waals surface area contributed by atoms with Crippen LogP contribution in [0.3, 0.4) is 0 Å². The Morgan fingerprint density at radius 2 is 2.08 bits per heavy atom. The molecular formula is C8H15NO4. The first-order valence-electron chi connectivity index (χ1n) is 4.04. The minimum atomic E-state index is -0.706. The number of amides is 1. The summed E-state index contributed by atoms with van der Waals surface area (Å²) in [6.07, 6.45) is 0. The Hall–Kier alpha value is -1.10. The molecule has 0 aromatic rings. The molecule has 0 unspecified atom stereocenters. The molecule has 0 heterocycles. The molecule has 1 atom stereocenters. The normalized spacial score (nSPS) is 11.9. The Morgan fingerprint density at radius 3 is 2.46 bits per heavy atom. The molecule has 0 aromatic carbocycles. The van der Waals surface area contributed by atoms with Crippen LogP contribution in [0.2, 0.25) is 0 Å². The van der Waals surface area contributed by atoms with Crippen molar-refractivity contribution in [1.82, 2.24) is 5.32 Å². The summed E-state index contributed by atoms with van der Waals surface area (Å²) in [5.41, 5.74) is 0. The first kappa shape index (κ1) is 11.9. The highest BCUT2D eigenvalue weighted by Gasteiger charge is 2.19. The molecule has 0 fully saturated rings. The van der Waals surface area contributed by atoms with E-state index >= 15 is 0 Å². The van der Waals surface area contributed by atoms with Crippen LogP contribution >= 0.6 is 0 Å². The number of methoxy groups -OCH3 is 1. The maximum Gasteiger partial charge on any atom is 0.331 e. The lowest BCUT2D eigenvalue weighted by Crippen LogP contribution is -2.43.